The molecule has 0 fully saturated rings. The van der Waals surface area contributed by atoms with Gasteiger partial charge in [-0.2, -0.15) is 0 Å². The van der Waals surface area contributed by atoms with Crippen LogP contribution in [0.25, 0.3) is 0 Å². The molecule has 0 aliphatic heterocycles. The molecule has 0 aromatic rings. The van der Waals surface area contributed by atoms with E-state index in [1.165, 1.54) is 12.8 Å². The van der Waals surface area contributed by atoms with Gasteiger partial charge >= 0.3 is 0 Å². The van der Waals surface area contributed by atoms with Gasteiger partial charge in [0.1, 0.15) is 0 Å². The minimum atomic E-state index is 0.0664. The fourth-order valence-electron chi connectivity index (χ4n) is 5.23. The maximum Gasteiger partial charge on any atom is 0.0431 e. The second-order valence-corrected chi connectivity index (χ2v) is 9.89. The fourth-order valence-corrected chi connectivity index (χ4v) is 5.23. The van der Waals surface area contributed by atoms with Crippen LogP contribution in [0.1, 0.15) is 116 Å². The Morgan fingerprint density at radius 3 is 0.647 bits per heavy atom. The van der Waals surface area contributed by atoms with Gasteiger partial charge in [-0.05, 0) is 107 Å². The smallest absolute Gasteiger partial charge is 0.0431 e. The number of aliphatic hydroxyl groups is 7. The van der Waals surface area contributed by atoms with E-state index in [0.29, 0.717) is 0 Å². The predicted octanol–water partition coefficient (Wildman–Crippen LogP) is 3.54. The highest BCUT2D eigenvalue weighted by Gasteiger charge is 2.28. The van der Waals surface area contributed by atoms with E-state index in [1.54, 1.807) is 0 Å². The van der Waals surface area contributed by atoms with Gasteiger partial charge in [-0.15, -0.1) is 0 Å². The molecule has 0 rings (SSSR count). The molecular formula is C27H58O7. The normalized spacial score (nSPS) is 12.0. The second-order valence-electron chi connectivity index (χ2n) is 9.89. The molecule has 7 N–H and O–H groups in total. The van der Waals surface area contributed by atoms with Crippen molar-refractivity contribution in [1.29, 1.82) is 0 Å². The molecule has 0 spiro atoms. The molecule has 0 radical (unpaired) electrons. The Balaban J connectivity index is 0. The summed E-state index contributed by atoms with van der Waals surface area (Å²) in [6, 6.07) is 0. The van der Waals surface area contributed by atoms with Crippen LogP contribution in [0.3, 0.4) is 0 Å². The van der Waals surface area contributed by atoms with Crippen LogP contribution in [0, 0.1) is 10.8 Å². The molecule has 0 saturated heterocycles. The molecule has 0 saturated carbocycles. The van der Waals surface area contributed by atoms with Crippen LogP contribution < -0.4 is 0 Å². The van der Waals surface area contributed by atoms with Crippen molar-refractivity contribution in [2.75, 3.05) is 46.2 Å². The third kappa shape index (κ3) is 19.0. The zero-order valence-corrected chi connectivity index (χ0v) is 22.1. The number of unbranched alkanes of at least 4 members (excludes halogenated alkanes) is 1. The lowest BCUT2D eigenvalue weighted by atomic mass is 9.72. The summed E-state index contributed by atoms with van der Waals surface area (Å²) in [7, 11) is 0. The highest BCUT2D eigenvalue weighted by atomic mass is 16.3. The van der Waals surface area contributed by atoms with Gasteiger partial charge in [0.15, 0.2) is 0 Å². The van der Waals surface area contributed by atoms with Crippen LogP contribution in [0.4, 0.5) is 0 Å². The summed E-state index contributed by atoms with van der Waals surface area (Å²) in [6.07, 6.45) is 15.7. The van der Waals surface area contributed by atoms with Crippen molar-refractivity contribution in [3.05, 3.63) is 0 Å². The molecule has 34 heavy (non-hydrogen) atoms. The fraction of sp³-hybridized carbons (Fsp3) is 1.00. The Morgan fingerprint density at radius 2 is 0.500 bits per heavy atom. The Labute approximate surface area is 209 Å². The van der Waals surface area contributed by atoms with Crippen LogP contribution in [0.2, 0.25) is 0 Å². The third-order valence-electron chi connectivity index (χ3n) is 7.12. The summed E-state index contributed by atoms with van der Waals surface area (Å²) in [5, 5.41) is 62.9. The van der Waals surface area contributed by atoms with Crippen molar-refractivity contribution in [2.45, 2.75) is 116 Å². The van der Waals surface area contributed by atoms with E-state index in [4.69, 9.17) is 35.7 Å². The first kappa shape index (κ1) is 35.9. The van der Waals surface area contributed by atoms with Gasteiger partial charge in [0.25, 0.3) is 0 Å². The number of rotatable bonds is 24. The molecule has 0 amide bonds. The standard InChI is InChI=1S/C14H30O3.C13H28O4/c1-2-3-7-14(8-4-11-15,9-5-12-16)10-6-13-17;14-9-1-5-13(6-2-10-15,7-3-11-16)8-4-12-17/h15-17H,2-13H2,1H3;14-17H,1-12H2. The first-order valence-electron chi connectivity index (χ1n) is 13.7. The molecule has 0 atom stereocenters. The predicted molar refractivity (Wildman–Crippen MR) is 139 cm³/mol. The van der Waals surface area contributed by atoms with E-state index in [-0.39, 0.29) is 57.1 Å². The Hall–Kier alpha value is -0.280. The van der Waals surface area contributed by atoms with E-state index < -0.39 is 0 Å². The topological polar surface area (TPSA) is 142 Å². The van der Waals surface area contributed by atoms with Crippen molar-refractivity contribution in [3.8, 4) is 0 Å². The van der Waals surface area contributed by atoms with Crippen LogP contribution in [-0.2, 0) is 0 Å². The summed E-state index contributed by atoms with van der Waals surface area (Å²) >= 11 is 0. The maximum absolute atomic E-state index is 9.01. The molecule has 0 aromatic heterocycles. The molecule has 0 aliphatic rings. The van der Waals surface area contributed by atoms with Gasteiger partial charge in [0.05, 0.1) is 0 Å². The monoisotopic (exact) mass is 494 g/mol. The van der Waals surface area contributed by atoms with Crippen LogP contribution in [0.5, 0.6) is 0 Å². The van der Waals surface area contributed by atoms with Gasteiger partial charge in [0.2, 0.25) is 0 Å². The zero-order chi connectivity index (χ0) is 26.0. The molecule has 7 nitrogen and oxygen atoms in total. The van der Waals surface area contributed by atoms with Gasteiger partial charge in [-0.1, -0.05) is 19.8 Å². The Morgan fingerprint density at radius 1 is 0.324 bits per heavy atom. The van der Waals surface area contributed by atoms with E-state index in [1.807, 2.05) is 0 Å². The first-order valence-corrected chi connectivity index (χ1v) is 13.7. The van der Waals surface area contributed by atoms with Crippen molar-refractivity contribution in [2.24, 2.45) is 10.8 Å². The highest BCUT2D eigenvalue weighted by molar-refractivity contribution is 4.80. The van der Waals surface area contributed by atoms with Crippen molar-refractivity contribution in [3.63, 3.8) is 0 Å². The molecule has 0 bridgehead atoms. The van der Waals surface area contributed by atoms with E-state index in [9.17, 15) is 0 Å². The van der Waals surface area contributed by atoms with E-state index in [2.05, 4.69) is 6.92 Å². The van der Waals surface area contributed by atoms with Crippen molar-refractivity contribution < 1.29 is 35.7 Å². The quantitative estimate of drug-likeness (QED) is 0.109. The minimum Gasteiger partial charge on any atom is -0.396 e. The minimum absolute atomic E-state index is 0.0664. The van der Waals surface area contributed by atoms with Crippen molar-refractivity contribution in [1.82, 2.24) is 0 Å². The summed E-state index contributed by atoms with van der Waals surface area (Å²) < 4.78 is 0. The molecular weight excluding hydrogens is 436 g/mol. The lowest BCUT2D eigenvalue weighted by Crippen LogP contribution is -2.23. The largest absolute Gasteiger partial charge is 0.396 e. The number of hydrogen-bond acceptors (Lipinski definition) is 7. The molecule has 0 aliphatic carbocycles. The zero-order valence-electron chi connectivity index (χ0n) is 22.1. The van der Waals surface area contributed by atoms with Gasteiger partial charge in [-0.25, -0.2) is 0 Å². The molecule has 7 heteroatoms. The average molecular weight is 495 g/mol. The molecule has 0 unspecified atom stereocenters. The highest BCUT2D eigenvalue weighted by Crippen LogP contribution is 2.40. The van der Waals surface area contributed by atoms with Crippen LogP contribution in [-0.4, -0.2) is 82.0 Å². The molecule has 0 aromatic carbocycles. The SMILES string of the molecule is CCCCC(CCCO)(CCCO)CCCO.OCCCC(CCCO)(CCCO)CCCO. The maximum atomic E-state index is 9.01. The van der Waals surface area contributed by atoms with Crippen LogP contribution in [0.15, 0.2) is 0 Å². The number of hydrogen-bond donors (Lipinski definition) is 7. The van der Waals surface area contributed by atoms with E-state index in [0.717, 1.165) is 96.3 Å². The second kappa shape index (κ2) is 25.8. The van der Waals surface area contributed by atoms with Crippen molar-refractivity contribution >= 4 is 0 Å². The van der Waals surface area contributed by atoms with Gasteiger partial charge in [-0.3, -0.25) is 0 Å². The number of aliphatic hydroxyl groups excluding tert-OH is 7. The van der Waals surface area contributed by atoms with Gasteiger partial charge < -0.3 is 35.7 Å². The summed E-state index contributed by atoms with van der Waals surface area (Å²) in [6.45, 7) is 3.63. The van der Waals surface area contributed by atoms with E-state index >= 15 is 0 Å². The lowest BCUT2D eigenvalue weighted by Gasteiger charge is -2.34. The average Bonchev–Trinajstić information content (AvgIpc) is 2.87. The summed E-state index contributed by atoms with van der Waals surface area (Å²) in [5.74, 6) is 0. The molecule has 0 heterocycles. The van der Waals surface area contributed by atoms with Gasteiger partial charge in [0, 0.05) is 46.2 Å². The Bertz CT molecular complexity index is 282. The summed E-state index contributed by atoms with van der Waals surface area (Å²) in [5.41, 5.74) is 0.293. The molecule has 208 valence electrons. The first-order chi connectivity index (χ1) is 16.5. The lowest BCUT2D eigenvalue weighted by molar-refractivity contribution is 0.125. The summed E-state index contributed by atoms with van der Waals surface area (Å²) in [4.78, 5) is 0. The van der Waals surface area contributed by atoms with Crippen LogP contribution >= 0.6 is 0 Å². The third-order valence-corrected chi connectivity index (χ3v) is 7.12. The Kier molecular flexibility index (Phi) is 27.2.